The molecule has 0 bridgehead atoms. The molecule has 1 saturated heterocycles. The maximum atomic E-state index is 10.5. The van der Waals surface area contributed by atoms with Gasteiger partial charge in [0.15, 0.2) is 0 Å². The van der Waals surface area contributed by atoms with Crippen molar-refractivity contribution in [3.05, 3.63) is 22.9 Å². The molecule has 22 heavy (non-hydrogen) atoms. The molecule has 1 aliphatic heterocycles. The van der Waals surface area contributed by atoms with Crippen LogP contribution in [0.2, 0.25) is 0 Å². The van der Waals surface area contributed by atoms with Gasteiger partial charge in [-0.2, -0.15) is 0 Å². The van der Waals surface area contributed by atoms with Gasteiger partial charge in [0.1, 0.15) is 5.76 Å². The minimum absolute atomic E-state index is 0.152. The van der Waals surface area contributed by atoms with Gasteiger partial charge in [0, 0.05) is 10.8 Å². The van der Waals surface area contributed by atoms with Crippen molar-refractivity contribution >= 4 is 0 Å². The zero-order chi connectivity index (χ0) is 16.2. The molecular formula is C19H29NO2. The van der Waals surface area contributed by atoms with Crippen LogP contribution < -0.4 is 0 Å². The third-order valence-corrected chi connectivity index (χ3v) is 6.60. The van der Waals surface area contributed by atoms with Crippen LogP contribution in [0.5, 0.6) is 0 Å². The first-order valence-electron chi connectivity index (χ1n) is 8.58. The van der Waals surface area contributed by atoms with E-state index in [0.717, 1.165) is 25.6 Å². The summed E-state index contributed by atoms with van der Waals surface area (Å²) in [5, 5.41) is 10.5. The quantitative estimate of drug-likeness (QED) is 0.732. The topological polar surface area (TPSA) is 33.8 Å². The summed E-state index contributed by atoms with van der Waals surface area (Å²) >= 11 is 0. The first-order chi connectivity index (χ1) is 10.2. The zero-order valence-electron chi connectivity index (χ0n) is 14.4. The number of hydrogen-bond donors (Lipinski definition) is 1. The van der Waals surface area contributed by atoms with Gasteiger partial charge in [0.05, 0.1) is 19.8 Å². The van der Waals surface area contributed by atoms with Crippen LogP contribution in [0.25, 0.3) is 4.85 Å². The monoisotopic (exact) mass is 303 g/mol. The molecule has 122 valence electrons. The molecule has 3 heteroatoms. The lowest BCUT2D eigenvalue weighted by atomic mass is 9.50. The van der Waals surface area contributed by atoms with E-state index in [-0.39, 0.29) is 10.8 Å². The van der Waals surface area contributed by atoms with Crippen molar-refractivity contribution in [2.75, 3.05) is 13.2 Å². The highest BCUT2D eigenvalue weighted by atomic mass is 16.5. The molecule has 3 atom stereocenters. The predicted octanol–water partition coefficient (Wildman–Crippen LogP) is 4.95. The molecule has 1 heterocycles. The molecule has 0 amide bonds. The number of hydrogen-bond acceptors (Lipinski definition) is 2. The highest BCUT2D eigenvalue weighted by Crippen LogP contribution is 2.61. The van der Waals surface area contributed by atoms with Crippen LogP contribution in [0.4, 0.5) is 0 Å². The molecule has 3 nitrogen and oxygen atoms in total. The Morgan fingerprint density at radius 3 is 2.45 bits per heavy atom. The van der Waals surface area contributed by atoms with Gasteiger partial charge >= 0.3 is 0 Å². The second kappa shape index (κ2) is 4.99. The molecular weight excluding hydrogens is 274 g/mol. The van der Waals surface area contributed by atoms with Crippen LogP contribution in [-0.4, -0.2) is 18.3 Å². The number of rotatable bonds is 2. The molecule has 2 fully saturated rings. The van der Waals surface area contributed by atoms with E-state index in [1.165, 1.54) is 25.7 Å². The largest absolute Gasteiger partial charge is 0.523 e. The number of nitrogens with zero attached hydrogens (tertiary/aromatic N) is 1. The Hall–Kier alpha value is -1.01. The first kappa shape index (κ1) is 15.9. The summed E-state index contributed by atoms with van der Waals surface area (Å²) < 4.78 is 5.41. The molecule has 3 rings (SSSR count). The van der Waals surface area contributed by atoms with Crippen molar-refractivity contribution in [1.29, 1.82) is 0 Å². The van der Waals surface area contributed by atoms with Crippen molar-refractivity contribution < 1.29 is 9.84 Å². The van der Waals surface area contributed by atoms with Gasteiger partial charge < -0.3 is 9.84 Å². The smallest absolute Gasteiger partial charge is 0.203 e. The molecule has 1 saturated carbocycles. The summed E-state index contributed by atoms with van der Waals surface area (Å²) in [6, 6.07) is 0. The van der Waals surface area contributed by atoms with Gasteiger partial charge in [-0.15, -0.1) is 0 Å². The third-order valence-electron chi connectivity index (χ3n) is 6.60. The standard InChI is InChI=1S/C19H29NO2/c1-17(2)15-7-6-13(8-18(3)11-22-12-18)9-19(15,4)10-14(20-5)16(17)21/h13,15,21H,6-12H2,1-4H3/t13?,15-,19-/m1/s1. The molecule has 1 unspecified atom stereocenters. The fourth-order valence-corrected chi connectivity index (χ4v) is 5.62. The number of allylic oxidation sites excluding steroid dienone is 2. The van der Waals surface area contributed by atoms with E-state index in [1.54, 1.807) is 0 Å². The van der Waals surface area contributed by atoms with Crippen LogP contribution >= 0.6 is 0 Å². The molecule has 0 aromatic rings. The van der Waals surface area contributed by atoms with Crippen LogP contribution in [0.3, 0.4) is 0 Å². The zero-order valence-corrected chi connectivity index (χ0v) is 14.4. The average molecular weight is 303 g/mol. The first-order valence-corrected chi connectivity index (χ1v) is 8.58. The maximum Gasteiger partial charge on any atom is 0.203 e. The molecule has 2 aliphatic carbocycles. The fraction of sp³-hybridized carbons (Fsp3) is 0.842. The van der Waals surface area contributed by atoms with Crippen LogP contribution in [0, 0.1) is 34.7 Å². The van der Waals surface area contributed by atoms with Gasteiger partial charge in [-0.25, -0.2) is 4.85 Å². The Kier molecular flexibility index (Phi) is 3.60. The van der Waals surface area contributed by atoms with Crippen LogP contribution in [-0.2, 0) is 4.74 Å². The summed E-state index contributed by atoms with van der Waals surface area (Å²) in [5.41, 5.74) is 0.863. The minimum atomic E-state index is -0.263. The molecule has 0 aromatic carbocycles. The summed E-state index contributed by atoms with van der Waals surface area (Å²) in [6.07, 6.45) is 5.60. The summed E-state index contributed by atoms with van der Waals surface area (Å²) in [7, 11) is 0. The van der Waals surface area contributed by atoms with E-state index < -0.39 is 0 Å². The number of aliphatic hydroxyl groups excluding tert-OH is 1. The lowest BCUT2D eigenvalue weighted by Gasteiger charge is -2.55. The fourth-order valence-electron chi connectivity index (χ4n) is 5.62. The molecule has 0 radical (unpaired) electrons. The second-order valence-corrected chi connectivity index (χ2v) is 9.17. The summed E-state index contributed by atoms with van der Waals surface area (Å²) in [4.78, 5) is 3.65. The Morgan fingerprint density at radius 2 is 1.91 bits per heavy atom. The van der Waals surface area contributed by atoms with Gasteiger partial charge in [-0.05, 0) is 42.9 Å². The van der Waals surface area contributed by atoms with E-state index in [2.05, 4.69) is 32.5 Å². The Morgan fingerprint density at radius 1 is 1.23 bits per heavy atom. The van der Waals surface area contributed by atoms with Crippen molar-refractivity contribution in [1.82, 2.24) is 0 Å². The molecule has 0 aromatic heterocycles. The molecule has 0 spiro atoms. The summed E-state index contributed by atoms with van der Waals surface area (Å²) in [6.45, 7) is 18.2. The highest BCUT2D eigenvalue weighted by molar-refractivity contribution is 5.28. The van der Waals surface area contributed by atoms with E-state index in [1.807, 2.05) is 0 Å². The number of aliphatic hydroxyl groups is 1. The maximum absolute atomic E-state index is 10.5. The van der Waals surface area contributed by atoms with Crippen molar-refractivity contribution in [2.45, 2.75) is 59.8 Å². The van der Waals surface area contributed by atoms with E-state index in [9.17, 15) is 5.11 Å². The molecule has 1 N–H and O–H groups in total. The summed E-state index contributed by atoms with van der Waals surface area (Å²) in [5.74, 6) is 1.56. The second-order valence-electron chi connectivity index (χ2n) is 9.17. The highest BCUT2D eigenvalue weighted by Gasteiger charge is 2.53. The normalized spacial score (nSPS) is 39.6. The van der Waals surface area contributed by atoms with Crippen LogP contribution in [0.15, 0.2) is 11.5 Å². The lowest BCUT2D eigenvalue weighted by molar-refractivity contribution is -0.123. The van der Waals surface area contributed by atoms with E-state index in [4.69, 9.17) is 11.3 Å². The SMILES string of the molecule is [C-]#[N+]C1=C(O)C(C)(C)[C@H]2CCC(CC3(C)COC3)C[C@]2(C)C1. The van der Waals surface area contributed by atoms with E-state index in [0.29, 0.717) is 22.8 Å². The van der Waals surface area contributed by atoms with Gasteiger partial charge in [-0.1, -0.05) is 34.1 Å². The molecule has 3 aliphatic rings. The average Bonchev–Trinajstić information content (AvgIpc) is 2.41. The minimum Gasteiger partial charge on any atom is -0.523 e. The van der Waals surface area contributed by atoms with Gasteiger partial charge in [0.25, 0.3) is 0 Å². The van der Waals surface area contributed by atoms with Crippen LogP contribution in [0.1, 0.15) is 59.8 Å². The third kappa shape index (κ3) is 2.36. The Labute approximate surface area is 134 Å². The van der Waals surface area contributed by atoms with Crippen molar-refractivity contribution in [2.24, 2.45) is 28.1 Å². The van der Waals surface area contributed by atoms with Gasteiger partial charge in [0.2, 0.25) is 5.70 Å². The van der Waals surface area contributed by atoms with E-state index >= 15 is 0 Å². The van der Waals surface area contributed by atoms with Crippen molar-refractivity contribution in [3.8, 4) is 0 Å². The van der Waals surface area contributed by atoms with Crippen molar-refractivity contribution in [3.63, 3.8) is 0 Å². The lowest BCUT2D eigenvalue weighted by Crippen LogP contribution is -2.49. The Balaban J connectivity index is 1.82. The predicted molar refractivity (Wildman–Crippen MR) is 87.1 cm³/mol. The van der Waals surface area contributed by atoms with Gasteiger partial charge in [-0.3, -0.25) is 0 Å². The number of ether oxygens (including phenoxy) is 1. The number of fused-ring (bicyclic) bond motifs is 1. The Bertz CT molecular complexity index is 538.